The van der Waals surface area contributed by atoms with Gasteiger partial charge in [0.25, 0.3) is 0 Å². The molecule has 0 amide bonds. The second-order valence-electron chi connectivity index (χ2n) is 5.38. The van der Waals surface area contributed by atoms with E-state index in [1.54, 1.807) is 0 Å². The number of sulfonamides is 1. The number of hydrogen-bond acceptors (Lipinski definition) is 3. The smallest absolute Gasteiger partial charge is 0.208 e. The van der Waals surface area contributed by atoms with Gasteiger partial charge in [-0.3, -0.25) is 0 Å². The highest BCUT2D eigenvalue weighted by molar-refractivity contribution is 7.88. The molecule has 2 aromatic carbocycles. The van der Waals surface area contributed by atoms with E-state index in [2.05, 4.69) is 16.1 Å². The van der Waals surface area contributed by atoms with E-state index in [9.17, 15) is 8.42 Å². The predicted molar refractivity (Wildman–Crippen MR) is 96.1 cm³/mol. The van der Waals surface area contributed by atoms with Crippen LogP contribution >= 0.6 is 11.6 Å². The van der Waals surface area contributed by atoms with Crippen molar-refractivity contribution in [3.63, 3.8) is 0 Å². The summed E-state index contributed by atoms with van der Waals surface area (Å²) in [5.74, 6) is 0. The van der Waals surface area contributed by atoms with Gasteiger partial charge in [-0.1, -0.05) is 54.1 Å². The van der Waals surface area contributed by atoms with E-state index in [1.807, 2.05) is 42.5 Å². The standard InChI is InChI=1S/C17H21ClN2O2S/c1-23(21,22)20-11-5-10-19-13-14-8-9-16(17(18)12-14)15-6-3-2-4-7-15/h2-4,6-9,12,19-20H,5,10-11,13H2,1H3. The minimum atomic E-state index is -3.10. The van der Waals surface area contributed by atoms with Crippen LogP contribution in [0.5, 0.6) is 0 Å². The molecule has 4 nitrogen and oxygen atoms in total. The van der Waals surface area contributed by atoms with Crippen LogP contribution in [-0.2, 0) is 16.6 Å². The third-order valence-corrected chi connectivity index (χ3v) is 4.38. The summed E-state index contributed by atoms with van der Waals surface area (Å²) < 4.78 is 24.3. The summed E-state index contributed by atoms with van der Waals surface area (Å²) in [6.45, 7) is 1.88. The van der Waals surface area contributed by atoms with Gasteiger partial charge in [-0.15, -0.1) is 0 Å². The summed E-state index contributed by atoms with van der Waals surface area (Å²) in [5.41, 5.74) is 3.22. The Morgan fingerprint density at radius 2 is 1.78 bits per heavy atom. The van der Waals surface area contributed by atoms with Gasteiger partial charge >= 0.3 is 0 Å². The van der Waals surface area contributed by atoms with Crippen molar-refractivity contribution in [2.75, 3.05) is 19.3 Å². The van der Waals surface area contributed by atoms with Gasteiger partial charge in [0.15, 0.2) is 0 Å². The molecule has 0 saturated heterocycles. The first kappa shape index (κ1) is 17.9. The first-order valence-electron chi connectivity index (χ1n) is 7.45. The van der Waals surface area contributed by atoms with Gasteiger partial charge in [0.05, 0.1) is 6.26 Å². The molecular formula is C17H21ClN2O2S. The SMILES string of the molecule is CS(=O)(=O)NCCCNCc1ccc(-c2ccccc2)c(Cl)c1. The first-order valence-corrected chi connectivity index (χ1v) is 9.72. The maximum absolute atomic E-state index is 10.9. The van der Waals surface area contributed by atoms with E-state index >= 15 is 0 Å². The highest BCUT2D eigenvalue weighted by Crippen LogP contribution is 2.28. The Morgan fingerprint density at radius 3 is 2.43 bits per heavy atom. The van der Waals surface area contributed by atoms with Crippen LogP contribution in [0.2, 0.25) is 5.02 Å². The van der Waals surface area contributed by atoms with Crippen LogP contribution in [0.1, 0.15) is 12.0 Å². The summed E-state index contributed by atoms with van der Waals surface area (Å²) in [7, 11) is -3.10. The van der Waals surface area contributed by atoms with Crippen molar-refractivity contribution in [1.29, 1.82) is 0 Å². The fraction of sp³-hybridized carbons (Fsp3) is 0.294. The summed E-state index contributed by atoms with van der Waals surface area (Å²) in [4.78, 5) is 0. The monoisotopic (exact) mass is 352 g/mol. The molecule has 0 bridgehead atoms. The second kappa shape index (κ2) is 8.45. The van der Waals surface area contributed by atoms with E-state index in [0.29, 0.717) is 13.1 Å². The number of nitrogens with one attached hydrogen (secondary N) is 2. The molecule has 0 atom stereocenters. The minimum Gasteiger partial charge on any atom is -0.313 e. The van der Waals surface area contributed by atoms with Gasteiger partial charge in [0.1, 0.15) is 0 Å². The zero-order valence-corrected chi connectivity index (χ0v) is 14.6. The molecule has 0 radical (unpaired) electrons. The lowest BCUT2D eigenvalue weighted by Gasteiger charge is -2.09. The molecule has 2 N–H and O–H groups in total. The van der Waals surface area contributed by atoms with Crippen LogP contribution in [0, 0.1) is 0 Å². The van der Waals surface area contributed by atoms with E-state index in [0.717, 1.165) is 40.9 Å². The molecule has 0 spiro atoms. The summed E-state index contributed by atoms with van der Waals surface area (Å²) in [6, 6.07) is 16.1. The lowest BCUT2D eigenvalue weighted by atomic mass is 10.0. The molecule has 23 heavy (non-hydrogen) atoms. The van der Waals surface area contributed by atoms with Crippen molar-refractivity contribution in [2.45, 2.75) is 13.0 Å². The van der Waals surface area contributed by atoms with Crippen molar-refractivity contribution in [2.24, 2.45) is 0 Å². The topological polar surface area (TPSA) is 58.2 Å². The molecule has 0 aliphatic carbocycles. The number of benzene rings is 2. The van der Waals surface area contributed by atoms with Crippen molar-refractivity contribution in [3.8, 4) is 11.1 Å². The molecule has 6 heteroatoms. The molecule has 0 unspecified atom stereocenters. The first-order chi connectivity index (χ1) is 11.0. The number of hydrogen-bond donors (Lipinski definition) is 2. The maximum atomic E-state index is 10.9. The molecular weight excluding hydrogens is 332 g/mol. The third-order valence-electron chi connectivity index (χ3n) is 3.34. The lowest BCUT2D eigenvalue weighted by Crippen LogP contribution is -2.26. The van der Waals surface area contributed by atoms with Crippen molar-refractivity contribution in [1.82, 2.24) is 10.0 Å². The quantitative estimate of drug-likeness (QED) is 0.718. The molecule has 0 saturated carbocycles. The highest BCUT2D eigenvalue weighted by atomic mass is 35.5. The molecule has 0 aliphatic rings. The van der Waals surface area contributed by atoms with Crippen molar-refractivity contribution in [3.05, 3.63) is 59.1 Å². The molecule has 0 aromatic heterocycles. The van der Waals surface area contributed by atoms with Gasteiger partial charge in [-0.05, 0) is 30.2 Å². The summed E-state index contributed by atoms with van der Waals surface area (Å²) in [5, 5.41) is 4.01. The van der Waals surface area contributed by atoms with Crippen LogP contribution in [0.4, 0.5) is 0 Å². The number of rotatable bonds is 8. The van der Waals surface area contributed by atoms with E-state index < -0.39 is 10.0 Å². The van der Waals surface area contributed by atoms with E-state index in [4.69, 9.17) is 11.6 Å². The Labute approximate surface area is 142 Å². The molecule has 2 aromatic rings. The van der Waals surface area contributed by atoms with Crippen LogP contribution in [0.25, 0.3) is 11.1 Å². The normalized spacial score (nSPS) is 11.6. The zero-order valence-electron chi connectivity index (χ0n) is 13.0. The van der Waals surface area contributed by atoms with Crippen LogP contribution < -0.4 is 10.0 Å². The average Bonchev–Trinajstić information content (AvgIpc) is 2.51. The van der Waals surface area contributed by atoms with Gasteiger partial charge in [-0.25, -0.2) is 13.1 Å². The molecule has 2 rings (SSSR count). The third kappa shape index (κ3) is 6.31. The Hall–Kier alpha value is -1.40. The largest absolute Gasteiger partial charge is 0.313 e. The van der Waals surface area contributed by atoms with Crippen LogP contribution in [0.3, 0.4) is 0 Å². The minimum absolute atomic E-state index is 0.444. The van der Waals surface area contributed by atoms with Crippen molar-refractivity contribution < 1.29 is 8.42 Å². The predicted octanol–water partition coefficient (Wildman–Crippen LogP) is 3.04. The number of halogens is 1. The van der Waals surface area contributed by atoms with Gasteiger partial charge in [0.2, 0.25) is 10.0 Å². The van der Waals surface area contributed by atoms with Crippen LogP contribution in [-0.4, -0.2) is 27.8 Å². The van der Waals surface area contributed by atoms with Crippen LogP contribution in [0.15, 0.2) is 48.5 Å². The Morgan fingerprint density at radius 1 is 1.04 bits per heavy atom. The fourth-order valence-corrected chi connectivity index (χ4v) is 3.05. The Balaban J connectivity index is 1.82. The van der Waals surface area contributed by atoms with E-state index in [-0.39, 0.29) is 0 Å². The second-order valence-corrected chi connectivity index (χ2v) is 7.62. The summed E-state index contributed by atoms with van der Waals surface area (Å²) in [6.07, 6.45) is 1.90. The molecule has 0 aliphatic heterocycles. The Bertz CT molecular complexity index is 734. The Kier molecular flexibility index (Phi) is 6.59. The summed E-state index contributed by atoms with van der Waals surface area (Å²) >= 11 is 6.37. The molecule has 0 fully saturated rings. The average molecular weight is 353 g/mol. The molecule has 0 heterocycles. The fourth-order valence-electron chi connectivity index (χ4n) is 2.22. The van der Waals surface area contributed by atoms with Gasteiger partial charge < -0.3 is 5.32 Å². The van der Waals surface area contributed by atoms with Crippen molar-refractivity contribution >= 4 is 21.6 Å². The lowest BCUT2D eigenvalue weighted by molar-refractivity contribution is 0.579. The maximum Gasteiger partial charge on any atom is 0.208 e. The van der Waals surface area contributed by atoms with Gasteiger partial charge in [0, 0.05) is 23.7 Å². The zero-order chi connectivity index (χ0) is 16.7. The highest BCUT2D eigenvalue weighted by Gasteiger charge is 2.04. The molecule has 124 valence electrons. The van der Waals surface area contributed by atoms with E-state index in [1.165, 1.54) is 0 Å². The van der Waals surface area contributed by atoms with Gasteiger partial charge in [-0.2, -0.15) is 0 Å².